The van der Waals surface area contributed by atoms with Gasteiger partial charge in [0.25, 0.3) is 0 Å². The molecule has 3 nitrogen and oxygen atoms in total. The summed E-state index contributed by atoms with van der Waals surface area (Å²) in [6.45, 7) is 22.2. The van der Waals surface area contributed by atoms with Crippen molar-refractivity contribution in [2.75, 3.05) is 19.0 Å². The van der Waals surface area contributed by atoms with Crippen LogP contribution in [0.15, 0.2) is 0 Å². The average molecular weight is 385 g/mol. The highest BCUT2D eigenvalue weighted by Gasteiger charge is 2.40. The topological polar surface area (TPSA) is 38.7 Å². The molecule has 0 aliphatic rings. The van der Waals surface area contributed by atoms with E-state index in [0.717, 1.165) is 0 Å². The van der Waals surface area contributed by atoms with Crippen molar-refractivity contribution < 1.29 is 14.0 Å². The van der Waals surface area contributed by atoms with Crippen LogP contribution in [0.2, 0.25) is 36.3 Å². The molecule has 7 heteroatoms. The molecule has 0 aliphatic carbocycles. The molecular formula is C15H37O3PSSi2. The maximum Gasteiger partial charge on any atom is 0.192 e. The van der Waals surface area contributed by atoms with Gasteiger partial charge in [-0.1, -0.05) is 53.3 Å². The van der Waals surface area contributed by atoms with E-state index >= 15 is 0 Å². The van der Waals surface area contributed by atoms with E-state index in [-0.39, 0.29) is 16.4 Å². The van der Waals surface area contributed by atoms with Crippen molar-refractivity contribution in [3.8, 4) is 0 Å². The summed E-state index contributed by atoms with van der Waals surface area (Å²) in [6.07, 6.45) is 0.999. The molecule has 0 unspecified atom stereocenters. The molecule has 0 heterocycles. The zero-order valence-corrected chi connectivity index (χ0v) is 20.0. The molecule has 0 aromatic heterocycles. The summed E-state index contributed by atoms with van der Waals surface area (Å²) in [5, 5.41) is 10.1. The first kappa shape index (κ1) is 23.0. The smallest absolute Gasteiger partial charge is 0.192 e. The summed E-state index contributed by atoms with van der Waals surface area (Å²) >= 11 is 5.74. The van der Waals surface area contributed by atoms with Crippen LogP contribution in [0.3, 0.4) is 0 Å². The van der Waals surface area contributed by atoms with E-state index in [9.17, 15) is 5.11 Å². The Morgan fingerprint density at radius 2 is 1.09 bits per heavy atom. The molecule has 0 amide bonds. The van der Waals surface area contributed by atoms with Crippen LogP contribution in [0, 0.1) is 0 Å². The third-order valence-electron chi connectivity index (χ3n) is 5.19. The van der Waals surface area contributed by atoms with Gasteiger partial charge in [0.2, 0.25) is 0 Å². The van der Waals surface area contributed by atoms with Gasteiger partial charge >= 0.3 is 0 Å². The van der Waals surface area contributed by atoms with E-state index in [1.807, 2.05) is 0 Å². The van der Waals surface area contributed by atoms with E-state index in [4.69, 9.17) is 20.7 Å². The van der Waals surface area contributed by atoms with Crippen LogP contribution < -0.4 is 0 Å². The first-order valence-corrected chi connectivity index (χ1v) is 17.1. The van der Waals surface area contributed by atoms with Crippen molar-refractivity contribution in [1.29, 1.82) is 0 Å². The number of hydrogen-bond acceptors (Lipinski definition) is 4. The summed E-state index contributed by atoms with van der Waals surface area (Å²) in [5.41, 5.74) is 0. The molecule has 0 radical (unpaired) electrons. The molecule has 0 saturated carbocycles. The molecule has 1 N–H and O–H groups in total. The normalized spacial score (nSPS) is 15.2. The fraction of sp³-hybridized carbons (Fsp3) is 1.00. The van der Waals surface area contributed by atoms with Crippen molar-refractivity contribution in [2.45, 2.75) is 77.8 Å². The Bertz CT molecular complexity index is 378. The second-order valence-corrected chi connectivity index (χ2v) is 24.1. The van der Waals surface area contributed by atoms with Gasteiger partial charge in [-0.25, -0.2) is 0 Å². The molecule has 0 atom stereocenters. The number of aliphatic hydroxyl groups is 1. The number of aliphatic hydroxyl groups excluding tert-OH is 1. The lowest BCUT2D eigenvalue weighted by Crippen LogP contribution is -2.42. The molecule has 0 fully saturated rings. The van der Waals surface area contributed by atoms with E-state index in [1.165, 1.54) is 0 Å². The van der Waals surface area contributed by atoms with Crippen LogP contribution in [0.25, 0.3) is 0 Å². The van der Waals surface area contributed by atoms with Gasteiger partial charge < -0.3 is 14.0 Å². The highest BCUT2D eigenvalue weighted by atomic mass is 32.4. The summed E-state index contributed by atoms with van der Waals surface area (Å²) in [5.74, 6) is 0. The van der Waals surface area contributed by atoms with Crippen molar-refractivity contribution >= 4 is 34.5 Å². The number of hydrogen-bond donors (Lipinski definition) is 1. The average Bonchev–Trinajstić information content (AvgIpc) is 2.31. The minimum atomic E-state index is -2.02. The fourth-order valence-electron chi connectivity index (χ4n) is 1.11. The standard InChI is InChI=1S/C15H37O3PSSi2/c1-14(2,3)21(7,8)17-12-19(20,11-16)13-18-22(9,10)15(4,5)6/h16H,11-13H2,1-10H3. The number of rotatable bonds is 7. The molecule has 0 aromatic rings. The van der Waals surface area contributed by atoms with Crippen molar-refractivity contribution in [1.82, 2.24) is 0 Å². The van der Waals surface area contributed by atoms with Gasteiger partial charge in [0.1, 0.15) is 0 Å². The zero-order chi connectivity index (χ0) is 18.0. The maximum absolute atomic E-state index is 9.80. The van der Waals surface area contributed by atoms with Gasteiger partial charge in [0.15, 0.2) is 16.6 Å². The minimum absolute atomic E-state index is 0.0194. The third kappa shape index (κ3) is 6.46. The first-order valence-electron chi connectivity index (χ1n) is 7.93. The lowest BCUT2D eigenvalue weighted by Gasteiger charge is -2.40. The van der Waals surface area contributed by atoms with Crippen molar-refractivity contribution in [3.63, 3.8) is 0 Å². The Kier molecular flexibility index (Phi) is 7.79. The molecule has 22 heavy (non-hydrogen) atoms. The largest absolute Gasteiger partial charge is 0.412 e. The van der Waals surface area contributed by atoms with Crippen LogP contribution in [0.4, 0.5) is 0 Å². The van der Waals surface area contributed by atoms with Crippen LogP contribution in [-0.2, 0) is 20.7 Å². The monoisotopic (exact) mass is 384 g/mol. The van der Waals surface area contributed by atoms with E-state index < -0.39 is 22.7 Å². The van der Waals surface area contributed by atoms with E-state index in [2.05, 4.69) is 67.7 Å². The predicted molar refractivity (Wildman–Crippen MR) is 108 cm³/mol. The van der Waals surface area contributed by atoms with Crippen molar-refractivity contribution in [3.05, 3.63) is 0 Å². The SMILES string of the molecule is CC(C)(C)[Si](C)(C)OCP(=S)(CO)CO[Si](C)(C)C(C)(C)C. The summed E-state index contributed by atoms with van der Waals surface area (Å²) in [7, 11) is -3.67. The second kappa shape index (κ2) is 7.46. The van der Waals surface area contributed by atoms with Gasteiger partial charge in [-0.3, -0.25) is 0 Å². The van der Waals surface area contributed by atoms with Gasteiger partial charge in [0, 0.05) is 6.04 Å². The van der Waals surface area contributed by atoms with Gasteiger partial charge in [-0.05, 0) is 36.3 Å². The third-order valence-corrected chi connectivity index (χ3v) is 17.3. The van der Waals surface area contributed by atoms with Crippen LogP contribution in [0.1, 0.15) is 41.5 Å². The lowest BCUT2D eigenvalue weighted by molar-refractivity contribution is 0.310. The molecule has 0 aromatic carbocycles. The summed E-state index contributed by atoms with van der Waals surface area (Å²) in [6, 6.07) is -2.02. The Balaban J connectivity index is 4.86. The molecule has 0 spiro atoms. The Labute approximate surface area is 145 Å². The van der Waals surface area contributed by atoms with Gasteiger partial charge in [-0.2, -0.15) is 0 Å². The molecular weight excluding hydrogens is 347 g/mol. The molecule has 0 saturated heterocycles. The molecule has 0 rings (SSSR count). The maximum atomic E-state index is 9.80. The predicted octanol–water partition coefficient (Wildman–Crippen LogP) is 5.37. The highest BCUT2D eigenvalue weighted by molar-refractivity contribution is 8.14. The minimum Gasteiger partial charge on any atom is -0.412 e. The summed E-state index contributed by atoms with van der Waals surface area (Å²) in [4.78, 5) is 0. The fourth-order valence-corrected chi connectivity index (χ4v) is 7.63. The molecule has 134 valence electrons. The van der Waals surface area contributed by atoms with Crippen LogP contribution >= 0.6 is 6.04 Å². The Hall–Kier alpha value is 0.964. The van der Waals surface area contributed by atoms with E-state index in [1.54, 1.807) is 0 Å². The molecule has 0 aliphatic heterocycles. The lowest BCUT2D eigenvalue weighted by atomic mass is 10.2. The van der Waals surface area contributed by atoms with Crippen LogP contribution in [0.5, 0.6) is 0 Å². The quantitative estimate of drug-likeness (QED) is 0.473. The summed E-state index contributed by atoms with van der Waals surface area (Å²) < 4.78 is 12.5. The first-order chi connectivity index (χ1) is 9.47. The van der Waals surface area contributed by atoms with E-state index in [0.29, 0.717) is 12.7 Å². The zero-order valence-electron chi connectivity index (χ0n) is 16.2. The Morgan fingerprint density at radius 1 is 0.818 bits per heavy atom. The van der Waals surface area contributed by atoms with Gasteiger partial charge in [-0.15, -0.1) is 0 Å². The van der Waals surface area contributed by atoms with Crippen LogP contribution in [-0.4, -0.2) is 40.8 Å². The van der Waals surface area contributed by atoms with Crippen molar-refractivity contribution in [2.24, 2.45) is 0 Å². The Morgan fingerprint density at radius 3 is 1.27 bits per heavy atom. The highest BCUT2D eigenvalue weighted by Crippen LogP contribution is 2.49. The van der Waals surface area contributed by atoms with Gasteiger partial charge in [0.05, 0.1) is 19.0 Å². The molecule has 0 bridgehead atoms. The second-order valence-electron chi connectivity index (χ2n) is 9.27.